The fourth-order valence-electron chi connectivity index (χ4n) is 2.96. The molecule has 0 radical (unpaired) electrons. The minimum absolute atomic E-state index is 0.108. The molecule has 6 nitrogen and oxygen atoms in total. The molecule has 1 saturated heterocycles. The van der Waals surface area contributed by atoms with Crippen LogP contribution in [0.1, 0.15) is 46.0 Å². The van der Waals surface area contributed by atoms with E-state index in [1.54, 1.807) is 6.07 Å². The number of pyridine rings is 1. The Kier molecular flexibility index (Phi) is 5.36. The van der Waals surface area contributed by atoms with Gasteiger partial charge < -0.3 is 10.2 Å². The van der Waals surface area contributed by atoms with Crippen molar-refractivity contribution in [3.8, 4) is 0 Å². The predicted octanol–water partition coefficient (Wildman–Crippen LogP) is 3.58. The van der Waals surface area contributed by atoms with Gasteiger partial charge in [-0.2, -0.15) is 0 Å². The van der Waals surface area contributed by atoms with Gasteiger partial charge in [-0.3, -0.25) is 10.1 Å². The maximum Gasteiger partial charge on any atom is 0.276 e. The van der Waals surface area contributed by atoms with E-state index < -0.39 is 0 Å². The van der Waals surface area contributed by atoms with Crippen LogP contribution in [0.3, 0.4) is 0 Å². The van der Waals surface area contributed by atoms with Gasteiger partial charge in [-0.05, 0) is 32.6 Å². The maximum atomic E-state index is 11.1. The van der Waals surface area contributed by atoms with Crippen LogP contribution in [-0.2, 0) is 0 Å². The lowest BCUT2D eigenvalue weighted by atomic mass is 9.98. The van der Waals surface area contributed by atoms with Crippen LogP contribution in [-0.4, -0.2) is 29.0 Å². The predicted molar refractivity (Wildman–Crippen MR) is 84.9 cm³/mol. The lowest BCUT2D eigenvalue weighted by Gasteiger charge is -2.36. The quantitative estimate of drug-likeness (QED) is 0.641. The van der Waals surface area contributed by atoms with E-state index in [0.29, 0.717) is 18.4 Å². The number of nitrogens with zero attached hydrogens (tertiary/aromatic N) is 3. The average molecular weight is 292 g/mol. The van der Waals surface area contributed by atoms with Gasteiger partial charge >= 0.3 is 0 Å². The largest absolute Gasteiger partial charge is 0.370 e. The van der Waals surface area contributed by atoms with Crippen LogP contribution < -0.4 is 10.2 Å². The van der Waals surface area contributed by atoms with E-state index in [1.807, 2.05) is 6.92 Å². The zero-order valence-corrected chi connectivity index (χ0v) is 12.8. The second-order valence-corrected chi connectivity index (χ2v) is 5.49. The van der Waals surface area contributed by atoms with Crippen LogP contribution in [0.15, 0.2) is 12.1 Å². The summed E-state index contributed by atoms with van der Waals surface area (Å²) in [4.78, 5) is 17.6. The van der Waals surface area contributed by atoms with Gasteiger partial charge in [0.25, 0.3) is 5.69 Å². The summed E-state index contributed by atoms with van der Waals surface area (Å²) in [6, 6.07) is 3.56. The van der Waals surface area contributed by atoms with Crippen LogP contribution in [0.25, 0.3) is 0 Å². The maximum absolute atomic E-state index is 11.1. The van der Waals surface area contributed by atoms with Crippen molar-refractivity contribution in [3.63, 3.8) is 0 Å². The number of rotatable bonds is 6. The molecule has 0 amide bonds. The fraction of sp³-hybridized carbons (Fsp3) is 0.667. The summed E-state index contributed by atoms with van der Waals surface area (Å²) in [6.07, 6.45) is 5.74. The molecule has 21 heavy (non-hydrogen) atoms. The molecule has 0 spiro atoms. The van der Waals surface area contributed by atoms with Crippen LogP contribution in [0.4, 0.5) is 17.3 Å². The summed E-state index contributed by atoms with van der Waals surface area (Å²) in [5, 5.41) is 14.2. The fourth-order valence-corrected chi connectivity index (χ4v) is 2.96. The van der Waals surface area contributed by atoms with Crippen molar-refractivity contribution in [2.24, 2.45) is 0 Å². The van der Waals surface area contributed by atoms with Gasteiger partial charge in [0.15, 0.2) is 0 Å². The summed E-state index contributed by atoms with van der Waals surface area (Å²) in [7, 11) is 0. The first-order chi connectivity index (χ1) is 10.2. The monoisotopic (exact) mass is 292 g/mol. The summed E-state index contributed by atoms with van der Waals surface area (Å²) >= 11 is 0. The molecule has 0 saturated carbocycles. The molecule has 1 unspecified atom stereocenters. The molecule has 2 rings (SSSR count). The first kappa shape index (κ1) is 15.5. The normalized spacial score (nSPS) is 18.6. The van der Waals surface area contributed by atoms with Crippen LogP contribution in [0.2, 0.25) is 0 Å². The highest BCUT2D eigenvalue weighted by atomic mass is 16.6. The number of aromatic nitrogens is 1. The number of hydrogen-bond acceptors (Lipinski definition) is 5. The Morgan fingerprint density at radius 3 is 2.90 bits per heavy atom. The van der Waals surface area contributed by atoms with Crippen molar-refractivity contribution < 1.29 is 4.92 Å². The number of anilines is 2. The third-order valence-corrected chi connectivity index (χ3v) is 3.91. The Morgan fingerprint density at radius 1 is 1.43 bits per heavy atom. The first-order valence-corrected chi connectivity index (χ1v) is 7.82. The van der Waals surface area contributed by atoms with Crippen molar-refractivity contribution in [2.75, 3.05) is 23.3 Å². The van der Waals surface area contributed by atoms with E-state index in [9.17, 15) is 10.1 Å². The van der Waals surface area contributed by atoms with Crippen LogP contribution in [0, 0.1) is 10.1 Å². The lowest BCUT2D eigenvalue weighted by Crippen LogP contribution is -2.40. The SMILES string of the molecule is CCCC1CCCCN1c1cc([N+](=O)[O-])cc(NCC)n1. The molecular formula is C15H24N4O2. The van der Waals surface area contributed by atoms with Gasteiger partial charge in [0, 0.05) is 19.1 Å². The lowest BCUT2D eigenvalue weighted by molar-refractivity contribution is -0.384. The highest BCUT2D eigenvalue weighted by Crippen LogP contribution is 2.30. The number of piperidine rings is 1. The molecule has 1 aliphatic rings. The summed E-state index contributed by atoms with van der Waals surface area (Å²) in [6.45, 7) is 5.77. The molecule has 1 aromatic rings. The van der Waals surface area contributed by atoms with E-state index in [2.05, 4.69) is 22.1 Å². The van der Waals surface area contributed by atoms with E-state index >= 15 is 0 Å². The molecule has 1 atom stereocenters. The van der Waals surface area contributed by atoms with E-state index in [-0.39, 0.29) is 10.6 Å². The second kappa shape index (κ2) is 7.24. The zero-order chi connectivity index (χ0) is 15.2. The summed E-state index contributed by atoms with van der Waals surface area (Å²) in [5.74, 6) is 1.32. The Morgan fingerprint density at radius 2 is 2.24 bits per heavy atom. The molecule has 116 valence electrons. The number of nitrogens with one attached hydrogen (secondary N) is 1. The van der Waals surface area contributed by atoms with E-state index in [4.69, 9.17) is 0 Å². The van der Waals surface area contributed by atoms with Crippen molar-refractivity contribution >= 4 is 17.3 Å². The second-order valence-electron chi connectivity index (χ2n) is 5.49. The third kappa shape index (κ3) is 3.83. The molecule has 0 aliphatic carbocycles. The van der Waals surface area contributed by atoms with Gasteiger partial charge in [0.2, 0.25) is 0 Å². The number of hydrogen-bond donors (Lipinski definition) is 1. The van der Waals surface area contributed by atoms with Gasteiger partial charge in [0.05, 0.1) is 17.1 Å². The summed E-state index contributed by atoms with van der Waals surface area (Å²) < 4.78 is 0. The molecule has 2 heterocycles. The topological polar surface area (TPSA) is 71.3 Å². The van der Waals surface area contributed by atoms with Crippen LogP contribution >= 0.6 is 0 Å². The molecule has 0 bridgehead atoms. The standard InChI is InChI=1S/C15H24N4O2/c1-3-7-12-8-5-6-9-18(12)15-11-13(19(20)21)10-14(17-15)16-4-2/h10-12H,3-9H2,1-2H3,(H,16,17). The molecule has 6 heteroatoms. The molecule has 1 aliphatic heterocycles. The highest BCUT2D eigenvalue weighted by Gasteiger charge is 2.25. The minimum Gasteiger partial charge on any atom is -0.370 e. The zero-order valence-electron chi connectivity index (χ0n) is 12.8. The van der Waals surface area contributed by atoms with E-state index in [1.165, 1.54) is 12.5 Å². The van der Waals surface area contributed by atoms with Gasteiger partial charge in [-0.15, -0.1) is 0 Å². The van der Waals surface area contributed by atoms with Gasteiger partial charge in [-0.25, -0.2) is 4.98 Å². The van der Waals surface area contributed by atoms with Crippen molar-refractivity contribution in [1.82, 2.24) is 4.98 Å². The van der Waals surface area contributed by atoms with Gasteiger partial charge in [-0.1, -0.05) is 13.3 Å². The third-order valence-electron chi connectivity index (χ3n) is 3.91. The molecule has 0 aromatic carbocycles. The Hall–Kier alpha value is -1.85. The molecule has 1 N–H and O–H groups in total. The Bertz CT molecular complexity index is 491. The average Bonchev–Trinajstić information content (AvgIpc) is 2.48. The highest BCUT2D eigenvalue weighted by molar-refractivity contribution is 5.56. The van der Waals surface area contributed by atoms with E-state index in [0.717, 1.165) is 38.0 Å². The first-order valence-electron chi connectivity index (χ1n) is 7.82. The summed E-state index contributed by atoms with van der Waals surface area (Å²) in [5.41, 5.74) is 0.108. The van der Waals surface area contributed by atoms with Crippen molar-refractivity contribution in [1.29, 1.82) is 0 Å². The molecular weight excluding hydrogens is 268 g/mol. The Labute approximate surface area is 125 Å². The van der Waals surface area contributed by atoms with Crippen molar-refractivity contribution in [3.05, 3.63) is 22.2 Å². The Balaban J connectivity index is 2.33. The molecule has 1 aromatic heterocycles. The minimum atomic E-state index is -0.342. The molecule has 1 fully saturated rings. The van der Waals surface area contributed by atoms with Gasteiger partial charge in [0.1, 0.15) is 11.6 Å². The number of nitro groups is 1. The smallest absolute Gasteiger partial charge is 0.276 e. The van der Waals surface area contributed by atoms with Crippen LogP contribution in [0.5, 0.6) is 0 Å². The van der Waals surface area contributed by atoms with Crippen molar-refractivity contribution in [2.45, 2.75) is 52.0 Å².